The summed E-state index contributed by atoms with van der Waals surface area (Å²) < 4.78 is 20.5. The summed E-state index contributed by atoms with van der Waals surface area (Å²) in [6.45, 7) is 5.08. The Hall–Kier alpha value is -2.27. The molecule has 0 saturated heterocycles. The number of rotatable bonds is 12. The van der Waals surface area contributed by atoms with E-state index in [2.05, 4.69) is 12.0 Å². The first-order valence-electron chi connectivity index (χ1n) is 8.95. The van der Waals surface area contributed by atoms with Crippen molar-refractivity contribution in [2.75, 3.05) is 26.9 Å². The third-order valence-electron chi connectivity index (χ3n) is 3.31. The molecule has 0 heterocycles. The first-order chi connectivity index (χ1) is 12.4. The lowest BCUT2D eigenvalue weighted by molar-refractivity contribution is -0.157. The van der Waals surface area contributed by atoms with Crippen LogP contribution in [0.5, 0.6) is 0 Å². The molecule has 0 unspecified atom stereocenters. The zero-order valence-corrected chi connectivity index (χ0v) is 16.7. The number of ether oxygens (including phenoxy) is 4. The lowest BCUT2D eigenvalue weighted by atomic mass is 9.92. The van der Waals surface area contributed by atoms with Gasteiger partial charge in [0.25, 0.3) is 0 Å². The summed E-state index contributed by atoms with van der Waals surface area (Å²) in [7, 11) is 1.38. The van der Waals surface area contributed by atoms with Crippen molar-refractivity contribution in [3.8, 4) is 12.0 Å². The van der Waals surface area contributed by atoms with Gasteiger partial charge in [-0.25, -0.2) is 0 Å². The predicted octanol–water partition coefficient (Wildman–Crippen LogP) is 1.79. The molecule has 27 heavy (non-hydrogen) atoms. The van der Waals surface area contributed by atoms with Gasteiger partial charge in [0.15, 0.2) is 0 Å². The average Bonchev–Trinajstić information content (AvgIpc) is 2.61. The van der Waals surface area contributed by atoms with Gasteiger partial charge in [-0.3, -0.25) is 14.4 Å². The zero-order valence-electron chi connectivity index (χ0n) is 16.7. The molecule has 0 radical (unpaired) electrons. The normalized spacial score (nSPS) is 9.93. The Morgan fingerprint density at radius 1 is 0.741 bits per heavy atom. The van der Waals surface area contributed by atoms with E-state index in [0.717, 1.165) is 0 Å². The third-order valence-corrected chi connectivity index (χ3v) is 3.31. The standard InChI is InChI=1S/C19H30O7.H2O/c1-5-8-16(20)24-13-19(11-12-23-4,14-25-17(21)9-6-2)15-26-18(22)10-7-3;/h5-10,13-15H2,1-4H3;1H2. The van der Waals surface area contributed by atoms with Crippen molar-refractivity contribution in [2.24, 2.45) is 5.41 Å². The minimum atomic E-state index is -1.17. The van der Waals surface area contributed by atoms with E-state index in [4.69, 9.17) is 18.9 Å². The zero-order chi connectivity index (χ0) is 19.8. The Bertz CT molecular complexity index is 449. The second-order valence-electron chi connectivity index (χ2n) is 5.94. The van der Waals surface area contributed by atoms with Crippen molar-refractivity contribution in [1.29, 1.82) is 0 Å². The van der Waals surface area contributed by atoms with Crippen molar-refractivity contribution in [2.45, 2.75) is 59.3 Å². The maximum Gasteiger partial charge on any atom is 0.305 e. The second kappa shape index (κ2) is 15.9. The molecule has 8 heteroatoms. The molecule has 0 aromatic carbocycles. The van der Waals surface area contributed by atoms with E-state index in [9.17, 15) is 14.4 Å². The van der Waals surface area contributed by atoms with Gasteiger partial charge in [-0.2, -0.15) is 0 Å². The highest BCUT2D eigenvalue weighted by molar-refractivity contribution is 5.70. The maximum atomic E-state index is 11.7. The average molecular weight is 388 g/mol. The fourth-order valence-corrected chi connectivity index (χ4v) is 1.88. The Kier molecular flexibility index (Phi) is 15.9. The first-order valence-corrected chi connectivity index (χ1v) is 8.95. The van der Waals surface area contributed by atoms with Crippen LogP contribution in [0.25, 0.3) is 0 Å². The lowest BCUT2D eigenvalue weighted by Gasteiger charge is -2.27. The molecule has 0 aliphatic rings. The van der Waals surface area contributed by atoms with E-state index in [0.29, 0.717) is 19.3 Å². The summed E-state index contributed by atoms with van der Waals surface area (Å²) in [5.74, 6) is 1.59. The molecule has 156 valence electrons. The molecular weight excluding hydrogens is 356 g/mol. The molecule has 0 aliphatic carbocycles. The smallest absolute Gasteiger partial charge is 0.305 e. The van der Waals surface area contributed by atoms with Gasteiger partial charge in [0, 0.05) is 19.3 Å². The number of carbonyl (C=O) groups is 3. The number of carbonyl (C=O) groups excluding carboxylic acids is 3. The van der Waals surface area contributed by atoms with Crippen LogP contribution in [0.2, 0.25) is 0 Å². The molecule has 0 saturated carbocycles. The summed E-state index contributed by atoms with van der Waals surface area (Å²) in [4.78, 5) is 35.2. The Morgan fingerprint density at radius 3 is 1.33 bits per heavy atom. The van der Waals surface area contributed by atoms with Crippen LogP contribution >= 0.6 is 0 Å². The van der Waals surface area contributed by atoms with Gasteiger partial charge >= 0.3 is 17.9 Å². The van der Waals surface area contributed by atoms with Crippen LogP contribution in [0.1, 0.15) is 59.3 Å². The maximum absolute atomic E-state index is 11.7. The molecule has 0 aromatic heterocycles. The van der Waals surface area contributed by atoms with Crippen molar-refractivity contribution in [1.82, 2.24) is 0 Å². The second-order valence-corrected chi connectivity index (χ2v) is 5.94. The molecule has 0 aliphatic heterocycles. The van der Waals surface area contributed by atoms with Crippen LogP contribution < -0.4 is 0 Å². The van der Waals surface area contributed by atoms with Crippen LogP contribution in [0.3, 0.4) is 0 Å². The SMILES string of the molecule is CCCC(=O)OCC(C#COC)(COC(=O)CCC)COC(=O)CCC.O. The highest BCUT2D eigenvalue weighted by Crippen LogP contribution is 2.20. The van der Waals surface area contributed by atoms with E-state index < -0.39 is 23.3 Å². The molecular formula is C19H32O8. The molecule has 8 nitrogen and oxygen atoms in total. The summed E-state index contributed by atoms with van der Waals surface area (Å²) in [5.41, 5.74) is -1.17. The van der Waals surface area contributed by atoms with Crippen molar-refractivity contribution >= 4 is 17.9 Å². The van der Waals surface area contributed by atoms with Crippen molar-refractivity contribution < 1.29 is 38.8 Å². The lowest BCUT2D eigenvalue weighted by Crippen LogP contribution is -2.38. The number of methoxy groups -OCH3 is 1. The van der Waals surface area contributed by atoms with E-state index in [-0.39, 0.29) is 44.6 Å². The van der Waals surface area contributed by atoms with Crippen molar-refractivity contribution in [3.63, 3.8) is 0 Å². The number of hydrogen-bond donors (Lipinski definition) is 0. The number of hydrogen-bond acceptors (Lipinski definition) is 7. The first kappa shape index (κ1) is 27.0. The van der Waals surface area contributed by atoms with Crippen LogP contribution in [0, 0.1) is 17.4 Å². The van der Waals surface area contributed by atoms with Crippen LogP contribution in [-0.4, -0.2) is 50.3 Å². The van der Waals surface area contributed by atoms with Crippen molar-refractivity contribution in [3.05, 3.63) is 0 Å². The summed E-state index contributed by atoms with van der Waals surface area (Å²) in [6, 6.07) is 0. The molecule has 0 rings (SSSR count). The highest BCUT2D eigenvalue weighted by Gasteiger charge is 2.34. The number of esters is 3. The van der Waals surface area contributed by atoms with Gasteiger partial charge in [-0.15, -0.1) is 0 Å². The van der Waals surface area contributed by atoms with E-state index in [1.165, 1.54) is 7.11 Å². The topological polar surface area (TPSA) is 120 Å². The van der Waals surface area contributed by atoms with E-state index >= 15 is 0 Å². The highest BCUT2D eigenvalue weighted by atomic mass is 16.6. The molecule has 0 aromatic rings. The summed E-state index contributed by atoms with van der Waals surface area (Å²) in [5, 5.41) is 0. The monoisotopic (exact) mass is 388 g/mol. The molecule has 0 bridgehead atoms. The van der Waals surface area contributed by atoms with Gasteiger partial charge in [0.2, 0.25) is 0 Å². The Morgan fingerprint density at radius 2 is 1.07 bits per heavy atom. The van der Waals surface area contributed by atoms with Gasteiger partial charge in [-0.05, 0) is 25.2 Å². The minimum Gasteiger partial charge on any atom is -0.464 e. The summed E-state index contributed by atoms with van der Waals surface area (Å²) >= 11 is 0. The summed E-state index contributed by atoms with van der Waals surface area (Å²) in [6.07, 6.45) is 5.16. The van der Waals surface area contributed by atoms with Crippen LogP contribution in [-0.2, 0) is 33.3 Å². The largest absolute Gasteiger partial charge is 0.464 e. The molecule has 0 fully saturated rings. The van der Waals surface area contributed by atoms with Gasteiger partial charge in [0.1, 0.15) is 31.3 Å². The minimum absolute atomic E-state index is 0. The fraction of sp³-hybridized carbons (Fsp3) is 0.737. The molecule has 0 atom stereocenters. The van der Waals surface area contributed by atoms with E-state index in [1.807, 2.05) is 20.8 Å². The Balaban J connectivity index is 0. The van der Waals surface area contributed by atoms with Crippen LogP contribution in [0.15, 0.2) is 0 Å². The van der Waals surface area contributed by atoms with Gasteiger partial charge in [0.05, 0.1) is 7.11 Å². The van der Waals surface area contributed by atoms with E-state index in [1.54, 1.807) is 0 Å². The molecule has 2 N–H and O–H groups in total. The quantitative estimate of drug-likeness (QED) is 0.284. The van der Waals surface area contributed by atoms with Gasteiger partial charge in [-0.1, -0.05) is 20.8 Å². The predicted molar refractivity (Wildman–Crippen MR) is 98.4 cm³/mol. The van der Waals surface area contributed by atoms with Gasteiger partial charge < -0.3 is 24.4 Å². The molecule has 0 spiro atoms. The third kappa shape index (κ3) is 12.7. The Labute approximate surface area is 161 Å². The molecule has 0 amide bonds. The van der Waals surface area contributed by atoms with Crippen LogP contribution in [0.4, 0.5) is 0 Å². The fourth-order valence-electron chi connectivity index (χ4n) is 1.88.